The smallest absolute Gasteiger partial charge is 0.422 e. The van der Waals surface area contributed by atoms with E-state index in [1.54, 1.807) is 41.5 Å². The molecule has 0 aliphatic heterocycles. The van der Waals surface area contributed by atoms with Crippen LogP contribution >= 0.6 is 0 Å². The topological polar surface area (TPSA) is 79.8 Å². The van der Waals surface area contributed by atoms with E-state index in [2.05, 4.69) is 10.9 Å². The molecule has 0 aromatic heterocycles. The van der Waals surface area contributed by atoms with Gasteiger partial charge >= 0.3 is 6.09 Å². The number of aliphatic hydroxyl groups is 1. The van der Waals surface area contributed by atoms with Crippen LogP contribution in [0.15, 0.2) is 0 Å². The molecule has 0 aliphatic carbocycles. The Kier molecular flexibility index (Phi) is 5.18. The van der Waals surface area contributed by atoms with Gasteiger partial charge in [0.25, 0.3) is 0 Å². The lowest BCUT2D eigenvalue weighted by atomic mass is 10.2. The van der Waals surface area contributed by atoms with Crippen molar-refractivity contribution in [1.29, 1.82) is 0 Å². The molecular formula is C10H22N2O4. The Hall–Kier alpha value is -0.850. The number of aliphatic hydroxyl groups excluding tert-OH is 1. The average Bonchev–Trinajstić information content (AvgIpc) is 1.94. The molecule has 0 spiro atoms. The quantitative estimate of drug-likeness (QED) is 0.503. The van der Waals surface area contributed by atoms with Gasteiger partial charge in [0.1, 0.15) is 5.60 Å². The number of hydrogen-bond acceptors (Lipinski definition) is 5. The Bertz CT molecular complexity index is 230. The highest BCUT2D eigenvalue weighted by Gasteiger charge is 2.19. The van der Waals surface area contributed by atoms with Crippen molar-refractivity contribution in [1.82, 2.24) is 10.9 Å². The Morgan fingerprint density at radius 3 is 2.00 bits per heavy atom. The molecule has 0 heterocycles. The van der Waals surface area contributed by atoms with E-state index in [1.807, 2.05) is 0 Å². The number of carbonyl (C=O) groups excluding carboxylic acids is 1. The monoisotopic (exact) mass is 234 g/mol. The van der Waals surface area contributed by atoms with Gasteiger partial charge in [-0.1, -0.05) is 0 Å². The van der Waals surface area contributed by atoms with Crippen molar-refractivity contribution in [3.63, 3.8) is 0 Å². The molecule has 0 bridgehead atoms. The van der Waals surface area contributed by atoms with Crippen LogP contribution in [0.5, 0.6) is 0 Å². The van der Waals surface area contributed by atoms with E-state index in [4.69, 9.17) is 9.47 Å². The maximum absolute atomic E-state index is 11.2. The zero-order chi connectivity index (χ0) is 13.0. The number of carbonyl (C=O) groups is 1. The lowest BCUT2D eigenvalue weighted by Crippen LogP contribution is -2.49. The molecule has 0 rings (SSSR count). The minimum Gasteiger partial charge on any atom is -0.443 e. The van der Waals surface area contributed by atoms with Gasteiger partial charge in [0.05, 0.1) is 5.60 Å². The Labute approximate surface area is 96.3 Å². The van der Waals surface area contributed by atoms with Crippen molar-refractivity contribution >= 4 is 6.09 Å². The number of nitrogens with one attached hydrogen (secondary N) is 2. The number of rotatable bonds is 3. The van der Waals surface area contributed by atoms with E-state index in [9.17, 15) is 9.90 Å². The summed E-state index contributed by atoms with van der Waals surface area (Å²) in [5.41, 5.74) is 3.35. The van der Waals surface area contributed by atoms with Crippen LogP contribution < -0.4 is 10.9 Å². The first-order valence-corrected chi connectivity index (χ1v) is 5.10. The molecule has 1 unspecified atom stereocenters. The summed E-state index contributed by atoms with van der Waals surface area (Å²) in [5, 5.41) is 9.33. The number of amides is 1. The number of hydrogen-bond donors (Lipinski definition) is 3. The summed E-state index contributed by atoms with van der Waals surface area (Å²) in [4.78, 5) is 11.2. The van der Waals surface area contributed by atoms with Crippen molar-refractivity contribution in [2.45, 2.75) is 59.2 Å². The van der Waals surface area contributed by atoms with Gasteiger partial charge in [-0.2, -0.15) is 5.43 Å². The summed E-state index contributed by atoms with van der Waals surface area (Å²) in [6, 6.07) is 0. The second kappa shape index (κ2) is 5.47. The minimum atomic E-state index is -1.28. The minimum absolute atomic E-state index is 0.512. The first-order chi connectivity index (χ1) is 6.99. The Balaban J connectivity index is 3.85. The van der Waals surface area contributed by atoms with Gasteiger partial charge in [-0.05, 0) is 41.5 Å². The van der Waals surface area contributed by atoms with Crippen molar-refractivity contribution in [2.75, 3.05) is 0 Å². The van der Waals surface area contributed by atoms with Crippen LogP contribution in [-0.4, -0.2) is 28.8 Å². The maximum atomic E-state index is 11.2. The summed E-state index contributed by atoms with van der Waals surface area (Å²) in [5.74, 6) is 0. The molecule has 0 saturated heterocycles. The highest BCUT2D eigenvalue weighted by atomic mass is 16.6. The first kappa shape index (κ1) is 15.2. The van der Waals surface area contributed by atoms with Crippen LogP contribution in [0.4, 0.5) is 4.79 Å². The molecule has 16 heavy (non-hydrogen) atoms. The molecular weight excluding hydrogens is 212 g/mol. The molecule has 1 atom stereocenters. The van der Waals surface area contributed by atoms with Crippen molar-refractivity contribution in [2.24, 2.45) is 0 Å². The van der Waals surface area contributed by atoms with Gasteiger partial charge in [-0.15, -0.1) is 0 Å². The fraction of sp³-hybridized carbons (Fsp3) is 0.900. The second-order valence-corrected chi connectivity index (χ2v) is 5.35. The van der Waals surface area contributed by atoms with E-state index in [-0.39, 0.29) is 0 Å². The van der Waals surface area contributed by atoms with Gasteiger partial charge in [0, 0.05) is 0 Å². The molecule has 0 aromatic rings. The summed E-state index contributed by atoms with van der Waals surface area (Å²) < 4.78 is 10.0. The lowest BCUT2D eigenvalue weighted by Gasteiger charge is -2.25. The van der Waals surface area contributed by atoms with Gasteiger partial charge in [0.15, 0.2) is 0 Å². The highest BCUT2D eigenvalue weighted by molar-refractivity contribution is 5.66. The molecule has 0 saturated carbocycles. The van der Waals surface area contributed by atoms with E-state index in [1.165, 1.54) is 0 Å². The third-order valence-corrected chi connectivity index (χ3v) is 1.16. The predicted molar refractivity (Wildman–Crippen MR) is 59.4 cm³/mol. The summed E-state index contributed by atoms with van der Waals surface area (Å²) >= 11 is 0. The van der Waals surface area contributed by atoms with E-state index < -0.39 is 23.7 Å². The van der Waals surface area contributed by atoms with Crippen molar-refractivity contribution in [3.05, 3.63) is 0 Å². The van der Waals surface area contributed by atoms with Crippen LogP contribution in [0.25, 0.3) is 0 Å². The van der Waals surface area contributed by atoms with E-state index in [0.717, 1.165) is 0 Å². The van der Waals surface area contributed by atoms with Crippen molar-refractivity contribution in [3.8, 4) is 0 Å². The fourth-order valence-electron chi connectivity index (χ4n) is 0.789. The molecule has 6 nitrogen and oxygen atoms in total. The normalized spacial score (nSPS) is 14.4. The van der Waals surface area contributed by atoms with Crippen LogP contribution in [0.1, 0.15) is 41.5 Å². The zero-order valence-electron chi connectivity index (χ0n) is 10.7. The standard InChI is InChI=1S/C10H22N2O4/c1-9(2,3)15-7(13)11-12-8(14)16-10(4,5)6/h7,11,13H,1-6H3,(H,12,14). The molecule has 0 aromatic carbocycles. The summed E-state index contributed by atoms with van der Waals surface area (Å²) in [7, 11) is 0. The predicted octanol–water partition coefficient (Wildman–Crippen LogP) is 1.11. The van der Waals surface area contributed by atoms with Crippen LogP contribution in [0.2, 0.25) is 0 Å². The molecule has 0 radical (unpaired) electrons. The van der Waals surface area contributed by atoms with Crippen molar-refractivity contribution < 1.29 is 19.4 Å². The molecule has 6 heteroatoms. The van der Waals surface area contributed by atoms with E-state index >= 15 is 0 Å². The van der Waals surface area contributed by atoms with Gasteiger partial charge < -0.3 is 14.6 Å². The largest absolute Gasteiger partial charge is 0.443 e. The number of ether oxygens (including phenoxy) is 2. The Morgan fingerprint density at radius 1 is 1.12 bits per heavy atom. The van der Waals surface area contributed by atoms with Crippen LogP contribution in [0, 0.1) is 0 Å². The zero-order valence-corrected chi connectivity index (χ0v) is 10.7. The van der Waals surface area contributed by atoms with Gasteiger partial charge in [-0.3, -0.25) is 5.43 Å². The fourth-order valence-corrected chi connectivity index (χ4v) is 0.789. The molecule has 0 aliphatic rings. The second-order valence-electron chi connectivity index (χ2n) is 5.35. The summed E-state index contributed by atoms with van der Waals surface area (Å²) in [6.07, 6.45) is -1.96. The lowest BCUT2D eigenvalue weighted by molar-refractivity contribution is -0.186. The highest BCUT2D eigenvalue weighted by Crippen LogP contribution is 2.08. The molecule has 3 N–H and O–H groups in total. The Morgan fingerprint density at radius 2 is 1.62 bits per heavy atom. The third kappa shape index (κ3) is 9.70. The molecule has 96 valence electrons. The SMILES string of the molecule is CC(C)(C)OC(=O)NNC(O)OC(C)(C)C. The maximum Gasteiger partial charge on any atom is 0.422 e. The molecule has 0 fully saturated rings. The van der Waals surface area contributed by atoms with Crippen LogP contribution in [0.3, 0.4) is 0 Å². The number of hydrazine groups is 1. The van der Waals surface area contributed by atoms with Gasteiger partial charge in [-0.25, -0.2) is 4.79 Å². The average molecular weight is 234 g/mol. The van der Waals surface area contributed by atoms with Crippen LogP contribution in [-0.2, 0) is 9.47 Å². The molecule has 1 amide bonds. The third-order valence-electron chi connectivity index (χ3n) is 1.16. The summed E-state index contributed by atoms with van der Waals surface area (Å²) in [6.45, 7) is 10.6. The van der Waals surface area contributed by atoms with Gasteiger partial charge in [0.2, 0.25) is 6.41 Å². The first-order valence-electron chi connectivity index (χ1n) is 5.10. The van der Waals surface area contributed by atoms with E-state index in [0.29, 0.717) is 0 Å².